The van der Waals surface area contributed by atoms with Gasteiger partial charge in [-0.05, 0) is 55.0 Å². The van der Waals surface area contributed by atoms with E-state index in [4.69, 9.17) is 9.47 Å². The fourth-order valence-corrected chi connectivity index (χ4v) is 2.48. The van der Waals surface area contributed by atoms with E-state index < -0.39 is 0 Å². The van der Waals surface area contributed by atoms with Crippen LogP contribution in [0.5, 0.6) is 11.5 Å². The van der Waals surface area contributed by atoms with Gasteiger partial charge in [0.1, 0.15) is 0 Å². The smallest absolute Gasteiger partial charge is 0.161 e. The molecule has 0 heterocycles. The average Bonchev–Trinajstić information content (AvgIpc) is 2.43. The van der Waals surface area contributed by atoms with E-state index in [0.717, 1.165) is 17.9 Å². The largest absolute Gasteiger partial charge is 0.493 e. The Balaban J connectivity index is 3.11. The summed E-state index contributed by atoms with van der Waals surface area (Å²) in [7, 11) is 5.38. The van der Waals surface area contributed by atoms with Crippen molar-refractivity contribution in [2.45, 2.75) is 47.1 Å². The van der Waals surface area contributed by atoms with Crippen molar-refractivity contribution in [1.82, 2.24) is 5.32 Å². The van der Waals surface area contributed by atoms with E-state index in [-0.39, 0.29) is 0 Å². The van der Waals surface area contributed by atoms with Gasteiger partial charge in [-0.15, -0.1) is 0 Å². The van der Waals surface area contributed by atoms with Crippen molar-refractivity contribution >= 4 is 0 Å². The lowest BCUT2D eigenvalue weighted by atomic mass is 9.77. The first kappa shape index (κ1) is 17.8. The zero-order valence-corrected chi connectivity index (χ0v) is 14.8. The first-order chi connectivity index (χ1) is 9.74. The maximum atomic E-state index is 5.45. The molecule has 1 rings (SSSR count). The van der Waals surface area contributed by atoms with Gasteiger partial charge in [0.2, 0.25) is 0 Å². The van der Waals surface area contributed by atoms with E-state index in [2.05, 4.69) is 52.1 Å². The number of rotatable bonds is 6. The lowest BCUT2D eigenvalue weighted by molar-refractivity contribution is 0.225. The highest BCUT2D eigenvalue weighted by Crippen LogP contribution is 2.37. The third-order valence-electron chi connectivity index (χ3n) is 4.56. The van der Waals surface area contributed by atoms with Crippen LogP contribution >= 0.6 is 0 Å². The standard InChI is InChI=1S/C18H31NO2/c1-12-9-16(20-7)17(21-8)11-14(12)15(19-6)10-13(2)18(3,4)5/h9,11,13,15,19H,10H2,1-8H3. The summed E-state index contributed by atoms with van der Waals surface area (Å²) in [6.45, 7) is 11.3. The number of aryl methyl sites for hydroxylation is 1. The van der Waals surface area contributed by atoms with Gasteiger partial charge in [-0.25, -0.2) is 0 Å². The van der Waals surface area contributed by atoms with Gasteiger partial charge < -0.3 is 14.8 Å². The van der Waals surface area contributed by atoms with Crippen molar-refractivity contribution in [3.05, 3.63) is 23.3 Å². The second kappa shape index (κ2) is 7.17. The molecule has 21 heavy (non-hydrogen) atoms. The normalized spacial score (nSPS) is 14.7. The van der Waals surface area contributed by atoms with Gasteiger partial charge in [-0.3, -0.25) is 0 Å². The summed E-state index contributed by atoms with van der Waals surface area (Å²) in [5, 5.41) is 3.45. The maximum absolute atomic E-state index is 5.45. The van der Waals surface area contributed by atoms with Crippen LogP contribution in [0.25, 0.3) is 0 Å². The molecule has 0 bridgehead atoms. The Labute approximate surface area is 130 Å². The lowest BCUT2D eigenvalue weighted by Gasteiger charge is -2.31. The molecule has 0 aliphatic carbocycles. The quantitative estimate of drug-likeness (QED) is 0.846. The summed E-state index contributed by atoms with van der Waals surface area (Å²) in [5.74, 6) is 2.20. The summed E-state index contributed by atoms with van der Waals surface area (Å²) in [4.78, 5) is 0. The van der Waals surface area contributed by atoms with Gasteiger partial charge in [0.25, 0.3) is 0 Å². The van der Waals surface area contributed by atoms with E-state index in [9.17, 15) is 0 Å². The van der Waals surface area contributed by atoms with Crippen LogP contribution in [-0.2, 0) is 0 Å². The van der Waals surface area contributed by atoms with Gasteiger partial charge in [0, 0.05) is 6.04 Å². The predicted octanol–water partition coefficient (Wildman–Crippen LogP) is 4.35. The molecule has 3 nitrogen and oxygen atoms in total. The Morgan fingerprint density at radius 1 is 1.10 bits per heavy atom. The van der Waals surface area contributed by atoms with E-state index >= 15 is 0 Å². The van der Waals surface area contributed by atoms with Gasteiger partial charge in [0.15, 0.2) is 11.5 Å². The van der Waals surface area contributed by atoms with Crippen molar-refractivity contribution < 1.29 is 9.47 Å². The van der Waals surface area contributed by atoms with E-state index in [0.29, 0.717) is 17.4 Å². The fraction of sp³-hybridized carbons (Fsp3) is 0.667. The number of hydrogen-bond donors (Lipinski definition) is 1. The fourth-order valence-electron chi connectivity index (χ4n) is 2.48. The molecule has 2 atom stereocenters. The minimum atomic E-state index is 0.305. The number of benzene rings is 1. The Kier molecular flexibility index (Phi) is 6.09. The van der Waals surface area contributed by atoms with E-state index in [1.807, 2.05) is 7.05 Å². The van der Waals surface area contributed by atoms with Crippen LogP contribution in [0, 0.1) is 18.3 Å². The molecule has 0 radical (unpaired) electrons. The Bertz CT molecular complexity index is 463. The monoisotopic (exact) mass is 293 g/mol. The number of methoxy groups -OCH3 is 2. The Morgan fingerprint density at radius 2 is 1.62 bits per heavy atom. The molecule has 1 aromatic carbocycles. The van der Waals surface area contributed by atoms with Crippen LogP contribution in [0.15, 0.2) is 12.1 Å². The zero-order valence-electron chi connectivity index (χ0n) is 14.8. The zero-order chi connectivity index (χ0) is 16.2. The summed E-state index contributed by atoms with van der Waals surface area (Å²) < 4.78 is 10.8. The van der Waals surface area contributed by atoms with Gasteiger partial charge in [0.05, 0.1) is 14.2 Å². The highest BCUT2D eigenvalue weighted by Gasteiger charge is 2.25. The molecule has 0 aliphatic heterocycles. The first-order valence-corrected chi connectivity index (χ1v) is 7.64. The molecule has 0 aliphatic rings. The average molecular weight is 293 g/mol. The van der Waals surface area contributed by atoms with Crippen molar-refractivity contribution in [2.75, 3.05) is 21.3 Å². The molecule has 0 amide bonds. The van der Waals surface area contributed by atoms with E-state index in [1.165, 1.54) is 11.1 Å². The van der Waals surface area contributed by atoms with E-state index in [1.54, 1.807) is 14.2 Å². The molecule has 0 saturated carbocycles. The second-order valence-electron chi connectivity index (χ2n) is 6.91. The van der Waals surface area contributed by atoms with Crippen LogP contribution < -0.4 is 14.8 Å². The molecule has 1 aromatic rings. The van der Waals surface area contributed by atoms with Crippen molar-refractivity contribution in [2.24, 2.45) is 11.3 Å². The Morgan fingerprint density at radius 3 is 2.05 bits per heavy atom. The minimum absolute atomic E-state index is 0.305. The topological polar surface area (TPSA) is 30.5 Å². The van der Waals surface area contributed by atoms with Crippen molar-refractivity contribution in [3.8, 4) is 11.5 Å². The highest BCUT2D eigenvalue weighted by molar-refractivity contribution is 5.48. The minimum Gasteiger partial charge on any atom is -0.493 e. The maximum Gasteiger partial charge on any atom is 0.161 e. The molecule has 0 saturated heterocycles. The number of hydrogen-bond acceptors (Lipinski definition) is 3. The molecule has 2 unspecified atom stereocenters. The first-order valence-electron chi connectivity index (χ1n) is 7.64. The highest BCUT2D eigenvalue weighted by atomic mass is 16.5. The van der Waals surface area contributed by atoms with Crippen molar-refractivity contribution in [3.63, 3.8) is 0 Å². The van der Waals surface area contributed by atoms with Crippen LogP contribution in [-0.4, -0.2) is 21.3 Å². The van der Waals surface area contributed by atoms with Gasteiger partial charge >= 0.3 is 0 Å². The third kappa shape index (κ3) is 4.37. The summed E-state index contributed by atoms with van der Waals surface area (Å²) in [6, 6.07) is 4.48. The summed E-state index contributed by atoms with van der Waals surface area (Å²) in [6.07, 6.45) is 1.09. The van der Waals surface area contributed by atoms with Crippen LogP contribution in [0.4, 0.5) is 0 Å². The Hall–Kier alpha value is -1.22. The molecule has 3 heteroatoms. The SMILES string of the molecule is CNC(CC(C)C(C)(C)C)c1cc(OC)c(OC)cc1C. The van der Waals surface area contributed by atoms with Gasteiger partial charge in [-0.2, -0.15) is 0 Å². The molecular formula is C18H31NO2. The molecular weight excluding hydrogens is 262 g/mol. The number of ether oxygens (including phenoxy) is 2. The summed E-state index contributed by atoms with van der Waals surface area (Å²) in [5.41, 5.74) is 2.82. The third-order valence-corrected chi connectivity index (χ3v) is 4.56. The predicted molar refractivity (Wildman–Crippen MR) is 89.3 cm³/mol. The van der Waals surface area contributed by atoms with Crippen LogP contribution in [0.2, 0.25) is 0 Å². The molecule has 0 aromatic heterocycles. The van der Waals surface area contributed by atoms with Gasteiger partial charge in [-0.1, -0.05) is 27.7 Å². The second-order valence-corrected chi connectivity index (χ2v) is 6.91. The number of nitrogens with one attached hydrogen (secondary N) is 1. The lowest BCUT2D eigenvalue weighted by Crippen LogP contribution is -2.26. The van der Waals surface area contributed by atoms with Crippen molar-refractivity contribution in [1.29, 1.82) is 0 Å². The van der Waals surface area contributed by atoms with Crippen LogP contribution in [0.1, 0.15) is 51.3 Å². The molecule has 0 fully saturated rings. The summed E-state index contributed by atoms with van der Waals surface area (Å²) >= 11 is 0. The molecule has 0 spiro atoms. The van der Waals surface area contributed by atoms with Crippen LogP contribution in [0.3, 0.4) is 0 Å². The molecule has 1 N–H and O–H groups in total. The molecule has 120 valence electrons.